The fourth-order valence-corrected chi connectivity index (χ4v) is 4.35. The highest BCUT2D eigenvalue weighted by atomic mass is 16.2. The van der Waals surface area contributed by atoms with Gasteiger partial charge in [0.1, 0.15) is 12.7 Å². The summed E-state index contributed by atoms with van der Waals surface area (Å²) in [6.07, 6.45) is 6.81. The first-order valence-electron chi connectivity index (χ1n) is 11.1. The highest BCUT2D eigenvalue weighted by Crippen LogP contribution is 2.29. The minimum absolute atomic E-state index is 0.0334. The van der Waals surface area contributed by atoms with Gasteiger partial charge in [-0.3, -0.25) is 4.79 Å². The molecule has 8 heteroatoms. The maximum Gasteiger partial charge on any atom is 0.254 e. The van der Waals surface area contributed by atoms with Gasteiger partial charge < -0.3 is 4.90 Å². The molecule has 32 heavy (non-hydrogen) atoms. The maximum absolute atomic E-state index is 13.6. The molecule has 4 heterocycles. The lowest BCUT2D eigenvalue weighted by atomic mass is 10.0. The third-order valence-electron chi connectivity index (χ3n) is 6.20. The first-order chi connectivity index (χ1) is 15.5. The molecule has 0 atom stereocenters. The molecule has 1 amide bonds. The average Bonchev–Trinajstić information content (AvgIpc) is 3.49. The van der Waals surface area contributed by atoms with Crippen LogP contribution in [-0.4, -0.2) is 53.4 Å². The van der Waals surface area contributed by atoms with Crippen molar-refractivity contribution in [3.8, 4) is 11.3 Å². The van der Waals surface area contributed by atoms with Crippen LogP contribution in [0.5, 0.6) is 0 Å². The molecule has 3 aromatic heterocycles. The number of nitrogens with zero attached hydrogens (tertiary/aromatic N) is 7. The van der Waals surface area contributed by atoms with E-state index in [2.05, 4.69) is 60.2 Å². The van der Waals surface area contributed by atoms with E-state index < -0.39 is 0 Å². The van der Waals surface area contributed by atoms with Crippen LogP contribution in [-0.2, 0) is 0 Å². The maximum atomic E-state index is 13.6. The number of pyridine rings is 1. The zero-order chi connectivity index (χ0) is 22.2. The van der Waals surface area contributed by atoms with Gasteiger partial charge in [-0.2, -0.15) is 10.2 Å². The molecule has 0 aliphatic carbocycles. The molecular weight excluding hydrogens is 402 g/mol. The smallest absolute Gasteiger partial charge is 0.254 e. The van der Waals surface area contributed by atoms with Gasteiger partial charge in [-0.05, 0) is 39.7 Å². The van der Waals surface area contributed by atoms with E-state index in [-0.39, 0.29) is 18.0 Å². The van der Waals surface area contributed by atoms with Crippen LogP contribution >= 0.6 is 0 Å². The minimum Gasteiger partial charge on any atom is -0.338 e. The number of piperidine rings is 1. The zero-order valence-electron chi connectivity index (χ0n) is 18.6. The predicted molar refractivity (Wildman–Crippen MR) is 122 cm³/mol. The lowest BCUT2D eigenvalue weighted by Crippen LogP contribution is -2.39. The predicted octanol–water partition coefficient (Wildman–Crippen LogP) is 4.06. The molecule has 164 valence electrons. The molecule has 0 bridgehead atoms. The summed E-state index contributed by atoms with van der Waals surface area (Å²) in [6.45, 7) is 7.58. The minimum atomic E-state index is 0.0334. The second kappa shape index (κ2) is 8.18. The highest BCUT2D eigenvalue weighted by molar-refractivity contribution is 6.06. The summed E-state index contributed by atoms with van der Waals surface area (Å²) in [5.41, 5.74) is 4.39. The molecule has 0 radical (unpaired) electrons. The van der Waals surface area contributed by atoms with Gasteiger partial charge in [-0.15, -0.1) is 0 Å². The van der Waals surface area contributed by atoms with Crippen molar-refractivity contribution in [1.29, 1.82) is 0 Å². The number of fused-ring (bicyclic) bond motifs is 1. The summed E-state index contributed by atoms with van der Waals surface area (Å²) >= 11 is 0. The van der Waals surface area contributed by atoms with Crippen LogP contribution < -0.4 is 0 Å². The van der Waals surface area contributed by atoms with Crippen molar-refractivity contribution in [2.24, 2.45) is 0 Å². The molecular formula is C24H27N7O. The molecule has 0 unspecified atom stereocenters. The van der Waals surface area contributed by atoms with Crippen molar-refractivity contribution in [2.45, 2.75) is 45.7 Å². The van der Waals surface area contributed by atoms with Gasteiger partial charge in [0.15, 0.2) is 5.65 Å². The van der Waals surface area contributed by atoms with Crippen molar-refractivity contribution in [3.63, 3.8) is 0 Å². The number of likely N-dealkylation sites (tertiary alicyclic amines) is 1. The average molecular weight is 430 g/mol. The molecule has 5 rings (SSSR count). The SMILES string of the molecule is Cc1ccc(-c2cc(C(=O)N3CCC(n4cncn4)CC3)c3cnn(C(C)C)c3n2)cc1. The van der Waals surface area contributed by atoms with Gasteiger partial charge in [-0.1, -0.05) is 29.8 Å². The van der Waals surface area contributed by atoms with Gasteiger partial charge in [-0.25, -0.2) is 19.3 Å². The number of amides is 1. The summed E-state index contributed by atoms with van der Waals surface area (Å²) in [4.78, 5) is 24.5. The highest BCUT2D eigenvalue weighted by Gasteiger charge is 2.27. The van der Waals surface area contributed by atoms with E-state index in [9.17, 15) is 4.79 Å². The van der Waals surface area contributed by atoms with Crippen LogP contribution in [0.1, 0.15) is 54.7 Å². The van der Waals surface area contributed by atoms with Gasteiger partial charge in [0.05, 0.1) is 28.9 Å². The van der Waals surface area contributed by atoms with Gasteiger partial charge in [0, 0.05) is 24.7 Å². The van der Waals surface area contributed by atoms with Crippen LogP contribution in [0.3, 0.4) is 0 Å². The Labute approximate surface area is 186 Å². The number of aryl methyl sites for hydroxylation is 1. The van der Waals surface area contributed by atoms with E-state index in [0.29, 0.717) is 18.7 Å². The zero-order valence-corrected chi connectivity index (χ0v) is 18.6. The molecule has 1 aliphatic heterocycles. The number of hydrogen-bond donors (Lipinski definition) is 0. The third kappa shape index (κ3) is 3.66. The first kappa shape index (κ1) is 20.4. The number of benzene rings is 1. The van der Waals surface area contributed by atoms with E-state index in [1.165, 1.54) is 5.56 Å². The Bertz CT molecular complexity index is 1230. The Morgan fingerprint density at radius 2 is 1.84 bits per heavy atom. The number of rotatable bonds is 4. The largest absolute Gasteiger partial charge is 0.338 e. The van der Waals surface area contributed by atoms with Crippen molar-refractivity contribution in [2.75, 3.05) is 13.1 Å². The fraction of sp³-hybridized carbons (Fsp3) is 0.375. The van der Waals surface area contributed by atoms with Crippen LogP contribution in [0.15, 0.2) is 49.2 Å². The van der Waals surface area contributed by atoms with Gasteiger partial charge >= 0.3 is 0 Å². The Kier molecular flexibility index (Phi) is 5.20. The Morgan fingerprint density at radius 3 is 2.50 bits per heavy atom. The van der Waals surface area contributed by atoms with Gasteiger partial charge in [0.2, 0.25) is 0 Å². The van der Waals surface area contributed by atoms with Crippen LogP contribution in [0.2, 0.25) is 0 Å². The summed E-state index contributed by atoms with van der Waals surface area (Å²) < 4.78 is 3.79. The molecule has 8 nitrogen and oxygen atoms in total. The normalized spacial score (nSPS) is 15.1. The van der Waals surface area contributed by atoms with E-state index in [0.717, 1.165) is 35.1 Å². The van der Waals surface area contributed by atoms with Crippen LogP contribution in [0.4, 0.5) is 0 Å². The second-order valence-electron chi connectivity index (χ2n) is 8.74. The van der Waals surface area contributed by atoms with Crippen molar-refractivity contribution in [1.82, 2.24) is 34.4 Å². The molecule has 1 saturated heterocycles. The summed E-state index contributed by atoms with van der Waals surface area (Å²) in [5.74, 6) is 0.0334. The Hall–Kier alpha value is -3.55. The number of hydrogen-bond acceptors (Lipinski definition) is 5. The summed E-state index contributed by atoms with van der Waals surface area (Å²) in [7, 11) is 0. The molecule has 0 saturated carbocycles. The third-order valence-corrected chi connectivity index (χ3v) is 6.20. The van der Waals surface area contributed by atoms with Gasteiger partial charge in [0.25, 0.3) is 5.91 Å². The molecule has 1 fully saturated rings. The Morgan fingerprint density at radius 1 is 1.09 bits per heavy atom. The standard InChI is InChI=1S/C24H27N7O/c1-16(2)31-23-21(13-26-31)20(12-22(28-23)18-6-4-17(3)5-7-18)24(32)29-10-8-19(9-11-29)30-15-25-14-27-30/h4-7,12-16,19H,8-11H2,1-3H3. The van der Waals surface area contributed by atoms with E-state index in [1.54, 1.807) is 18.9 Å². The van der Waals surface area contributed by atoms with E-state index in [4.69, 9.17) is 4.98 Å². The van der Waals surface area contributed by atoms with Crippen LogP contribution in [0.25, 0.3) is 22.3 Å². The quantitative estimate of drug-likeness (QED) is 0.489. The first-order valence-corrected chi connectivity index (χ1v) is 11.1. The van der Waals surface area contributed by atoms with Crippen LogP contribution in [0, 0.1) is 6.92 Å². The van der Waals surface area contributed by atoms with Crippen molar-refractivity contribution < 1.29 is 4.79 Å². The monoisotopic (exact) mass is 429 g/mol. The lowest BCUT2D eigenvalue weighted by Gasteiger charge is -2.32. The van der Waals surface area contributed by atoms with E-state index in [1.807, 2.05) is 20.3 Å². The Balaban J connectivity index is 1.51. The number of carbonyl (C=O) groups is 1. The molecule has 0 spiro atoms. The van der Waals surface area contributed by atoms with Crippen molar-refractivity contribution >= 4 is 16.9 Å². The van der Waals surface area contributed by atoms with Crippen molar-refractivity contribution in [3.05, 3.63) is 60.3 Å². The second-order valence-corrected chi connectivity index (χ2v) is 8.74. The summed E-state index contributed by atoms with van der Waals surface area (Å²) in [6, 6.07) is 10.6. The van der Waals surface area contributed by atoms with E-state index >= 15 is 0 Å². The topological polar surface area (TPSA) is 81.7 Å². The molecule has 0 N–H and O–H groups in total. The molecule has 1 aliphatic rings. The summed E-state index contributed by atoms with van der Waals surface area (Å²) in [5, 5.41) is 9.61. The number of aromatic nitrogens is 6. The molecule has 1 aromatic carbocycles. The lowest BCUT2D eigenvalue weighted by molar-refractivity contribution is 0.0692. The fourth-order valence-electron chi connectivity index (χ4n) is 4.35. The molecule has 4 aromatic rings. The number of carbonyl (C=O) groups excluding carboxylic acids is 1.